The first-order chi connectivity index (χ1) is 8.27. The molecule has 0 aliphatic rings. The highest BCUT2D eigenvalue weighted by molar-refractivity contribution is 5.94. The fraction of sp³-hybridized carbons (Fsp3) is 0.267. The molecule has 2 heteroatoms. The molecule has 0 bridgehead atoms. The lowest BCUT2D eigenvalue weighted by atomic mass is 10.1. The van der Waals surface area contributed by atoms with Gasteiger partial charge >= 0.3 is 5.97 Å². The van der Waals surface area contributed by atoms with E-state index >= 15 is 0 Å². The minimum Gasteiger partial charge on any atom is -0.463 e. The summed E-state index contributed by atoms with van der Waals surface area (Å²) in [6, 6.07) is 9.66. The number of carbonyl (C=O) groups is 1. The van der Waals surface area contributed by atoms with Crippen molar-refractivity contribution in [1.82, 2.24) is 0 Å². The Balaban J connectivity index is 2.67. The molecule has 0 aliphatic heterocycles. The van der Waals surface area contributed by atoms with Crippen LogP contribution in [-0.4, -0.2) is 12.6 Å². The molecule has 1 aromatic rings. The van der Waals surface area contributed by atoms with Crippen molar-refractivity contribution in [3.05, 3.63) is 54.6 Å². The van der Waals surface area contributed by atoms with Crippen LogP contribution in [0.25, 0.3) is 5.57 Å². The van der Waals surface area contributed by atoms with E-state index in [1.54, 1.807) is 6.08 Å². The lowest BCUT2D eigenvalue weighted by molar-refractivity contribution is -0.137. The fourth-order valence-corrected chi connectivity index (χ4v) is 1.38. The molecule has 0 radical (unpaired) electrons. The third-order valence-corrected chi connectivity index (χ3v) is 2.34. The lowest BCUT2D eigenvalue weighted by Gasteiger charge is -2.03. The van der Waals surface area contributed by atoms with E-state index in [2.05, 4.69) is 13.5 Å². The normalized spacial score (nSPS) is 11.0. The molecule has 1 rings (SSSR count). The first-order valence-corrected chi connectivity index (χ1v) is 5.84. The molecular formula is C15H18O2. The Labute approximate surface area is 103 Å². The summed E-state index contributed by atoms with van der Waals surface area (Å²) in [5, 5.41) is 0. The van der Waals surface area contributed by atoms with Gasteiger partial charge < -0.3 is 4.74 Å². The topological polar surface area (TPSA) is 26.3 Å². The third-order valence-electron chi connectivity index (χ3n) is 2.34. The second kappa shape index (κ2) is 7.44. The summed E-state index contributed by atoms with van der Waals surface area (Å²) in [6.45, 7) is 6.25. The van der Waals surface area contributed by atoms with E-state index in [9.17, 15) is 4.79 Å². The van der Waals surface area contributed by atoms with Crippen LogP contribution in [0, 0.1) is 0 Å². The number of rotatable bonds is 6. The van der Waals surface area contributed by atoms with Gasteiger partial charge in [-0.3, -0.25) is 0 Å². The highest BCUT2D eigenvalue weighted by Crippen LogP contribution is 2.14. The van der Waals surface area contributed by atoms with Crippen molar-refractivity contribution in [2.24, 2.45) is 0 Å². The first-order valence-electron chi connectivity index (χ1n) is 5.84. The van der Waals surface area contributed by atoms with Crippen LogP contribution in [0.3, 0.4) is 0 Å². The maximum atomic E-state index is 11.5. The van der Waals surface area contributed by atoms with Crippen molar-refractivity contribution in [2.45, 2.75) is 19.8 Å². The molecule has 0 aliphatic carbocycles. The molecule has 2 nitrogen and oxygen atoms in total. The van der Waals surface area contributed by atoms with Crippen molar-refractivity contribution >= 4 is 11.5 Å². The molecule has 0 saturated carbocycles. The second-order valence-electron chi connectivity index (χ2n) is 3.69. The number of unbranched alkanes of at least 4 members (excludes halogenated alkanes) is 1. The van der Waals surface area contributed by atoms with Crippen LogP contribution < -0.4 is 0 Å². The number of benzene rings is 1. The summed E-state index contributed by atoms with van der Waals surface area (Å²) in [7, 11) is 0. The van der Waals surface area contributed by atoms with Gasteiger partial charge in [-0.1, -0.05) is 56.3 Å². The van der Waals surface area contributed by atoms with Gasteiger partial charge in [-0.25, -0.2) is 4.79 Å². The zero-order valence-electron chi connectivity index (χ0n) is 10.2. The van der Waals surface area contributed by atoms with Crippen LogP contribution in [0.1, 0.15) is 25.3 Å². The maximum absolute atomic E-state index is 11.5. The van der Waals surface area contributed by atoms with Crippen molar-refractivity contribution in [3.8, 4) is 0 Å². The van der Waals surface area contributed by atoms with Gasteiger partial charge in [0.15, 0.2) is 0 Å². The monoisotopic (exact) mass is 230 g/mol. The molecule has 1 aromatic carbocycles. The van der Waals surface area contributed by atoms with Crippen LogP contribution in [0.5, 0.6) is 0 Å². The molecule has 0 saturated heterocycles. The molecule has 0 heterocycles. The average molecular weight is 230 g/mol. The SMILES string of the molecule is C=C/C(=C\C(=O)OCCCC)c1ccccc1. The lowest BCUT2D eigenvalue weighted by Crippen LogP contribution is -2.02. The third kappa shape index (κ3) is 4.68. The van der Waals surface area contributed by atoms with Gasteiger partial charge in [0.1, 0.15) is 0 Å². The summed E-state index contributed by atoms with van der Waals surface area (Å²) >= 11 is 0. The molecule has 0 unspecified atom stereocenters. The Bertz CT molecular complexity index is 391. The molecule has 0 N–H and O–H groups in total. The predicted octanol–water partition coefficient (Wildman–Crippen LogP) is 3.60. The van der Waals surface area contributed by atoms with E-state index in [0.717, 1.165) is 24.0 Å². The van der Waals surface area contributed by atoms with Crippen LogP contribution in [0.15, 0.2) is 49.1 Å². The predicted molar refractivity (Wildman–Crippen MR) is 70.5 cm³/mol. The van der Waals surface area contributed by atoms with Crippen molar-refractivity contribution in [1.29, 1.82) is 0 Å². The quantitative estimate of drug-likeness (QED) is 0.323. The Morgan fingerprint density at radius 3 is 2.65 bits per heavy atom. The summed E-state index contributed by atoms with van der Waals surface area (Å²) in [5.74, 6) is -0.308. The Hall–Kier alpha value is -1.83. The molecule has 90 valence electrons. The smallest absolute Gasteiger partial charge is 0.331 e. The Morgan fingerprint density at radius 1 is 1.35 bits per heavy atom. The maximum Gasteiger partial charge on any atom is 0.331 e. The molecule has 0 spiro atoms. The zero-order valence-corrected chi connectivity index (χ0v) is 10.2. The van der Waals surface area contributed by atoms with E-state index < -0.39 is 0 Å². The van der Waals surface area contributed by atoms with Gasteiger partial charge in [0.05, 0.1) is 6.61 Å². The van der Waals surface area contributed by atoms with Gasteiger partial charge in [0.2, 0.25) is 0 Å². The highest BCUT2D eigenvalue weighted by Gasteiger charge is 2.02. The van der Waals surface area contributed by atoms with Crippen molar-refractivity contribution in [3.63, 3.8) is 0 Å². The van der Waals surface area contributed by atoms with Crippen LogP contribution in [-0.2, 0) is 9.53 Å². The van der Waals surface area contributed by atoms with Crippen molar-refractivity contribution in [2.75, 3.05) is 6.61 Å². The molecule has 0 amide bonds. The van der Waals surface area contributed by atoms with Gasteiger partial charge in [0, 0.05) is 6.08 Å². The van der Waals surface area contributed by atoms with E-state index in [1.807, 2.05) is 30.3 Å². The zero-order chi connectivity index (χ0) is 12.5. The summed E-state index contributed by atoms with van der Waals surface area (Å²) in [4.78, 5) is 11.5. The fourth-order valence-electron chi connectivity index (χ4n) is 1.38. The van der Waals surface area contributed by atoms with Gasteiger partial charge in [-0.05, 0) is 17.6 Å². The van der Waals surface area contributed by atoms with Gasteiger partial charge in [-0.15, -0.1) is 0 Å². The molecule has 0 fully saturated rings. The van der Waals surface area contributed by atoms with Gasteiger partial charge in [-0.2, -0.15) is 0 Å². The number of carbonyl (C=O) groups excluding carboxylic acids is 1. The standard InChI is InChI=1S/C15H18O2/c1-3-5-11-17-15(16)12-13(4-2)14-9-7-6-8-10-14/h4,6-10,12H,2-3,5,11H2,1H3/b13-12+. The van der Waals surface area contributed by atoms with Crippen LogP contribution in [0.2, 0.25) is 0 Å². The number of hydrogen-bond donors (Lipinski definition) is 0. The Morgan fingerprint density at radius 2 is 2.06 bits per heavy atom. The van der Waals surface area contributed by atoms with Crippen molar-refractivity contribution < 1.29 is 9.53 Å². The van der Waals surface area contributed by atoms with E-state index in [4.69, 9.17) is 4.74 Å². The first kappa shape index (κ1) is 13.2. The summed E-state index contributed by atoms with van der Waals surface area (Å²) in [5.41, 5.74) is 1.75. The molecule has 17 heavy (non-hydrogen) atoms. The molecule has 0 aromatic heterocycles. The second-order valence-corrected chi connectivity index (χ2v) is 3.69. The number of hydrogen-bond acceptors (Lipinski definition) is 2. The van der Waals surface area contributed by atoms with Gasteiger partial charge in [0.25, 0.3) is 0 Å². The molecular weight excluding hydrogens is 212 g/mol. The minimum atomic E-state index is -0.308. The van der Waals surface area contributed by atoms with E-state index in [-0.39, 0.29) is 5.97 Å². The summed E-state index contributed by atoms with van der Waals surface area (Å²) < 4.78 is 5.07. The number of ether oxygens (including phenoxy) is 1. The van der Waals surface area contributed by atoms with Crippen LogP contribution in [0.4, 0.5) is 0 Å². The number of esters is 1. The molecule has 0 atom stereocenters. The largest absolute Gasteiger partial charge is 0.463 e. The summed E-state index contributed by atoms with van der Waals surface area (Å²) in [6.07, 6.45) is 5.06. The van der Waals surface area contributed by atoms with E-state index in [0.29, 0.717) is 6.61 Å². The minimum absolute atomic E-state index is 0.308. The highest BCUT2D eigenvalue weighted by atomic mass is 16.5. The average Bonchev–Trinajstić information content (AvgIpc) is 2.37. The number of allylic oxidation sites excluding steroid dienone is 2. The van der Waals surface area contributed by atoms with E-state index in [1.165, 1.54) is 6.08 Å². The van der Waals surface area contributed by atoms with Crippen LogP contribution >= 0.6 is 0 Å². The Kier molecular flexibility index (Phi) is 5.80.